The number of esters is 1. The molecule has 11 nitrogen and oxygen atoms in total. The van der Waals surface area contributed by atoms with Gasteiger partial charge in [0.1, 0.15) is 18.4 Å². The summed E-state index contributed by atoms with van der Waals surface area (Å²) in [5.41, 5.74) is 1.61. The lowest BCUT2D eigenvalue weighted by Crippen LogP contribution is -2.65. The van der Waals surface area contributed by atoms with E-state index >= 15 is 0 Å². The van der Waals surface area contributed by atoms with Gasteiger partial charge in [-0.3, -0.25) is 9.78 Å². The van der Waals surface area contributed by atoms with Gasteiger partial charge in [0.15, 0.2) is 0 Å². The van der Waals surface area contributed by atoms with Crippen molar-refractivity contribution in [1.29, 1.82) is 0 Å². The summed E-state index contributed by atoms with van der Waals surface area (Å²) in [5.74, 6) is 0.493. The zero-order valence-corrected chi connectivity index (χ0v) is 20.5. The molecule has 6 heterocycles. The minimum absolute atomic E-state index is 0.108. The van der Waals surface area contributed by atoms with E-state index in [4.69, 9.17) is 14.2 Å². The van der Waals surface area contributed by atoms with Gasteiger partial charge in [0, 0.05) is 24.2 Å². The van der Waals surface area contributed by atoms with Crippen LogP contribution in [0.25, 0.3) is 11.0 Å². The summed E-state index contributed by atoms with van der Waals surface area (Å²) >= 11 is 0. The highest BCUT2D eigenvalue weighted by atomic mass is 16.5. The maximum atomic E-state index is 12.7. The van der Waals surface area contributed by atoms with Crippen molar-refractivity contribution >= 4 is 22.7 Å². The molecule has 37 heavy (non-hydrogen) atoms. The van der Waals surface area contributed by atoms with Gasteiger partial charge in [0.25, 0.3) is 5.56 Å². The van der Waals surface area contributed by atoms with Crippen molar-refractivity contribution < 1.29 is 24.1 Å². The van der Waals surface area contributed by atoms with E-state index in [2.05, 4.69) is 20.6 Å². The van der Waals surface area contributed by atoms with Gasteiger partial charge in [0.05, 0.1) is 54.5 Å². The monoisotopic (exact) mass is 507 g/mol. The Morgan fingerprint density at radius 3 is 2.81 bits per heavy atom. The molecule has 3 aliphatic heterocycles. The average molecular weight is 508 g/mol. The van der Waals surface area contributed by atoms with Gasteiger partial charge in [0.2, 0.25) is 5.88 Å². The van der Waals surface area contributed by atoms with Crippen LogP contribution in [0.1, 0.15) is 31.4 Å². The number of carbonyl (C=O) groups is 1. The van der Waals surface area contributed by atoms with E-state index in [1.807, 2.05) is 12.1 Å². The number of methoxy groups -OCH3 is 1. The highest BCUT2D eigenvalue weighted by Crippen LogP contribution is 2.46. The van der Waals surface area contributed by atoms with E-state index < -0.39 is 11.7 Å². The van der Waals surface area contributed by atoms with E-state index in [1.165, 1.54) is 6.07 Å². The quantitative estimate of drug-likeness (QED) is 0.402. The summed E-state index contributed by atoms with van der Waals surface area (Å²) in [6.07, 6.45) is 3.73. The predicted octanol–water partition coefficient (Wildman–Crippen LogP) is 1.36. The van der Waals surface area contributed by atoms with Crippen LogP contribution in [0.2, 0.25) is 0 Å². The number of rotatable bonds is 7. The Morgan fingerprint density at radius 2 is 2.05 bits per heavy atom. The van der Waals surface area contributed by atoms with Crippen LogP contribution >= 0.6 is 0 Å². The van der Waals surface area contributed by atoms with E-state index in [0.717, 1.165) is 18.5 Å². The summed E-state index contributed by atoms with van der Waals surface area (Å²) in [6.45, 7) is 1.20. The van der Waals surface area contributed by atoms with Gasteiger partial charge < -0.3 is 34.5 Å². The SMILES string of the molecule is COc1cnc2ccc(=O)n(CC(O)C34CCC(NCc5ccc6c(n5)OC(=O)CN6)(CC3)CO4)c2c1. The first-order valence-corrected chi connectivity index (χ1v) is 12.4. The number of fused-ring (bicyclic) bond motifs is 5. The molecule has 3 N–H and O–H groups in total. The number of aliphatic hydroxyl groups is 1. The standard InChI is InChI=1S/C26H29N5O6/c1-35-17-10-20-18(27-12-17)4-5-22(33)31(20)14-21(32)26-8-6-25(7-9-26,15-36-26)29-11-16-2-3-19-24(30-16)37-23(34)13-28-19/h2-5,10,12,21,28-29,32H,6-9,11,13-15H2,1H3. The van der Waals surface area contributed by atoms with E-state index in [9.17, 15) is 14.7 Å². The summed E-state index contributed by atoms with van der Waals surface area (Å²) in [5, 5.41) is 17.9. The zero-order valence-electron chi connectivity index (χ0n) is 20.5. The van der Waals surface area contributed by atoms with Crippen molar-refractivity contribution in [3.63, 3.8) is 0 Å². The van der Waals surface area contributed by atoms with Gasteiger partial charge in [-0.2, -0.15) is 0 Å². The van der Waals surface area contributed by atoms with Gasteiger partial charge >= 0.3 is 5.97 Å². The van der Waals surface area contributed by atoms with Crippen LogP contribution in [0.3, 0.4) is 0 Å². The molecule has 3 aromatic heterocycles. The molecule has 1 atom stereocenters. The van der Waals surface area contributed by atoms with E-state index in [1.54, 1.807) is 30.0 Å². The number of anilines is 1. The van der Waals surface area contributed by atoms with Crippen molar-refractivity contribution in [3.8, 4) is 11.6 Å². The largest absolute Gasteiger partial charge is 0.495 e. The van der Waals surface area contributed by atoms with Gasteiger partial charge in [-0.25, -0.2) is 9.78 Å². The Kier molecular flexibility index (Phi) is 5.85. The first kappa shape index (κ1) is 23.8. The normalized spacial score (nSPS) is 25.3. The minimum Gasteiger partial charge on any atom is -0.495 e. The van der Waals surface area contributed by atoms with Crippen molar-refractivity contribution in [1.82, 2.24) is 19.9 Å². The molecule has 2 bridgehead atoms. The Hall–Kier alpha value is -3.54. The third-order valence-electron chi connectivity index (χ3n) is 7.90. The number of hydrogen-bond acceptors (Lipinski definition) is 10. The smallest absolute Gasteiger partial charge is 0.332 e. The molecule has 7 rings (SSSR count). The molecule has 0 radical (unpaired) electrons. The molecule has 1 saturated carbocycles. The first-order chi connectivity index (χ1) is 17.9. The molecule has 1 unspecified atom stereocenters. The molecular weight excluding hydrogens is 478 g/mol. The number of carbonyl (C=O) groups excluding carboxylic acids is 1. The second-order valence-corrected chi connectivity index (χ2v) is 10.0. The predicted molar refractivity (Wildman–Crippen MR) is 134 cm³/mol. The Labute approximate surface area is 212 Å². The topological polar surface area (TPSA) is 137 Å². The van der Waals surface area contributed by atoms with Crippen LogP contribution in [-0.2, 0) is 22.6 Å². The number of nitrogens with zero attached hydrogens (tertiary/aromatic N) is 3. The third kappa shape index (κ3) is 4.32. The molecule has 11 heteroatoms. The Bertz CT molecular complexity index is 1400. The molecule has 3 aromatic rings. The number of ether oxygens (including phenoxy) is 3. The molecule has 1 aliphatic carbocycles. The van der Waals surface area contributed by atoms with Crippen LogP contribution in [0.15, 0.2) is 41.3 Å². The van der Waals surface area contributed by atoms with Crippen LogP contribution in [0, 0.1) is 0 Å². The lowest BCUT2D eigenvalue weighted by Gasteiger charge is -2.55. The zero-order chi connectivity index (χ0) is 25.6. The second kappa shape index (κ2) is 9.09. The molecule has 0 amide bonds. The third-order valence-corrected chi connectivity index (χ3v) is 7.90. The molecular formula is C26H29N5O6. The average Bonchev–Trinajstić information content (AvgIpc) is 2.94. The van der Waals surface area contributed by atoms with Crippen molar-refractivity contribution in [2.45, 2.75) is 56.0 Å². The van der Waals surface area contributed by atoms with Gasteiger partial charge in [-0.1, -0.05) is 0 Å². The number of nitrogens with one attached hydrogen (secondary N) is 2. The Balaban J connectivity index is 1.13. The molecule has 4 aliphatic rings. The lowest BCUT2D eigenvalue weighted by molar-refractivity contribution is -0.211. The maximum Gasteiger partial charge on any atom is 0.332 e. The van der Waals surface area contributed by atoms with Gasteiger partial charge in [-0.15, -0.1) is 0 Å². The highest BCUT2D eigenvalue weighted by Gasteiger charge is 2.53. The summed E-state index contributed by atoms with van der Waals surface area (Å²) < 4.78 is 18.4. The second-order valence-electron chi connectivity index (χ2n) is 10.0. The molecule has 0 aromatic carbocycles. The minimum atomic E-state index is -0.857. The Morgan fingerprint density at radius 1 is 1.22 bits per heavy atom. The number of aromatic nitrogens is 3. The van der Waals surface area contributed by atoms with Crippen LogP contribution < -0.4 is 25.7 Å². The van der Waals surface area contributed by atoms with Crippen molar-refractivity contribution in [2.24, 2.45) is 0 Å². The lowest BCUT2D eigenvalue weighted by atomic mass is 9.69. The first-order valence-electron chi connectivity index (χ1n) is 12.4. The molecule has 3 fully saturated rings. The van der Waals surface area contributed by atoms with Gasteiger partial charge in [-0.05, 0) is 43.9 Å². The number of pyridine rings is 3. The highest BCUT2D eigenvalue weighted by molar-refractivity contribution is 5.82. The van der Waals surface area contributed by atoms with Crippen LogP contribution in [0.5, 0.6) is 11.6 Å². The summed E-state index contributed by atoms with van der Waals surface area (Å²) in [4.78, 5) is 33.1. The van der Waals surface area contributed by atoms with Crippen LogP contribution in [0.4, 0.5) is 5.69 Å². The van der Waals surface area contributed by atoms with Crippen LogP contribution in [-0.4, -0.2) is 63.1 Å². The fourth-order valence-electron chi connectivity index (χ4n) is 5.55. The fourth-order valence-corrected chi connectivity index (χ4v) is 5.55. The van der Waals surface area contributed by atoms with Crippen molar-refractivity contribution in [2.75, 3.05) is 25.6 Å². The maximum absolute atomic E-state index is 12.7. The molecule has 2 saturated heterocycles. The molecule has 194 valence electrons. The molecule has 0 spiro atoms. The number of hydrogen-bond donors (Lipinski definition) is 3. The summed E-state index contributed by atoms with van der Waals surface area (Å²) in [7, 11) is 1.55. The summed E-state index contributed by atoms with van der Waals surface area (Å²) in [6, 6.07) is 8.67. The van der Waals surface area contributed by atoms with E-state index in [-0.39, 0.29) is 30.2 Å². The number of aliphatic hydroxyl groups excluding tert-OH is 1. The van der Waals surface area contributed by atoms with Crippen molar-refractivity contribution in [3.05, 3.63) is 52.6 Å². The fraction of sp³-hybridized carbons (Fsp3) is 0.462. The van der Waals surface area contributed by atoms with E-state index in [0.29, 0.717) is 54.3 Å².